The third-order valence-corrected chi connectivity index (χ3v) is 4.75. The van der Waals surface area contributed by atoms with Gasteiger partial charge in [0.1, 0.15) is 5.75 Å². The number of benzene rings is 1. The number of amides is 2. The van der Waals surface area contributed by atoms with Crippen molar-refractivity contribution in [1.82, 2.24) is 9.80 Å². The van der Waals surface area contributed by atoms with Gasteiger partial charge in [0.05, 0.1) is 6.54 Å². The van der Waals surface area contributed by atoms with Gasteiger partial charge in [-0.3, -0.25) is 14.5 Å². The van der Waals surface area contributed by atoms with Gasteiger partial charge < -0.3 is 15.4 Å². The van der Waals surface area contributed by atoms with Gasteiger partial charge >= 0.3 is 0 Å². The molecule has 0 atom stereocenters. The van der Waals surface area contributed by atoms with Crippen LogP contribution >= 0.6 is 0 Å². The maximum Gasteiger partial charge on any atom is 0.260 e. The van der Waals surface area contributed by atoms with Crippen molar-refractivity contribution in [3.63, 3.8) is 0 Å². The standard InChI is InChI=1S/C18H25N3O3/c19-17(22)12-20-7-2-8-21(10-9-20)18(23)13-24-16-6-5-14-3-1-4-15(14)11-16/h5-6,11H,1-4,7-10,12-13H2,(H2,19,22). The van der Waals surface area contributed by atoms with E-state index in [0.717, 1.165) is 31.6 Å². The quantitative estimate of drug-likeness (QED) is 0.856. The summed E-state index contributed by atoms with van der Waals surface area (Å²) in [5.41, 5.74) is 7.98. The Labute approximate surface area is 142 Å². The van der Waals surface area contributed by atoms with Crippen molar-refractivity contribution in [2.24, 2.45) is 5.73 Å². The molecule has 1 aromatic rings. The molecule has 1 aliphatic heterocycles. The van der Waals surface area contributed by atoms with E-state index in [9.17, 15) is 9.59 Å². The third-order valence-electron chi connectivity index (χ3n) is 4.75. The lowest BCUT2D eigenvalue weighted by Crippen LogP contribution is -2.39. The van der Waals surface area contributed by atoms with Crippen LogP contribution in [-0.4, -0.2) is 60.9 Å². The first-order valence-electron chi connectivity index (χ1n) is 8.65. The molecule has 3 rings (SSSR count). The van der Waals surface area contributed by atoms with Gasteiger partial charge in [-0.2, -0.15) is 0 Å². The van der Waals surface area contributed by atoms with Crippen LogP contribution in [0.4, 0.5) is 0 Å². The maximum absolute atomic E-state index is 12.4. The summed E-state index contributed by atoms with van der Waals surface area (Å²) in [5, 5.41) is 0. The first kappa shape index (κ1) is 16.8. The zero-order chi connectivity index (χ0) is 16.9. The van der Waals surface area contributed by atoms with E-state index >= 15 is 0 Å². The number of carbonyl (C=O) groups excluding carboxylic acids is 2. The lowest BCUT2D eigenvalue weighted by molar-refractivity contribution is -0.133. The minimum Gasteiger partial charge on any atom is -0.484 e. The first-order chi connectivity index (χ1) is 11.6. The molecule has 6 heteroatoms. The van der Waals surface area contributed by atoms with Crippen molar-refractivity contribution < 1.29 is 14.3 Å². The summed E-state index contributed by atoms with van der Waals surface area (Å²) in [7, 11) is 0. The molecule has 1 fully saturated rings. The molecule has 6 nitrogen and oxygen atoms in total. The highest BCUT2D eigenvalue weighted by atomic mass is 16.5. The lowest BCUT2D eigenvalue weighted by atomic mass is 10.1. The van der Waals surface area contributed by atoms with Crippen molar-refractivity contribution in [3.05, 3.63) is 29.3 Å². The van der Waals surface area contributed by atoms with Gasteiger partial charge in [-0.05, 0) is 48.9 Å². The molecule has 1 aliphatic carbocycles. The highest BCUT2D eigenvalue weighted by Gasteiger charge is 2.20. The molecule has 2 amide bonds. The van der Waals surface area contributed by atoms with Crippen molar-refractivity contribution in [3.8, 4) is 5.75 Å². The summed E-state index contributed by atoms with van der Waals surface area (Å²) in [5.74, 6) is 0.445. The molecule has 1 saturated heterocycles. The van der Waals surface area contributed by atoms with Crippen molar-refractivity contribution in [2.75, 3.05) is 39.3 Å². The Morgan fingerprint density at radius 2 is 1.88 bits per heavy atom. The smallest absolute Gasteiger partial charge is 0.260 e. The van der Waals surface area contributed by atoms with Crippen LogP contribution in [0.1, 0.15) is 24.0 Å². The van der Waals surface area contributed by atoms with E-state index in [4.69, 9.17) is 10.5 Å². The Kier molecular flexibility index (Phi) is 5.35. The number of rotatable bonds is 5. The largest absolute Gasteiger partial charge is 0.484 e. The molecule has 0 unspecified atom stereocenters. The average Bonchev–Trinajstić information content (AvgIpc) is 2.90. The van der Waals surface area contributed by atoms with Gasteiger partial charge in [0, 0.05) is 26.2 Å². The number of hydrogen-bond acceptors (Lipinski definition) is 4. The molecule has 2 aliphatic rings. The van der Waals surface area contributed by atoms with Gasteiger partial charge in [0.2, 0.25) is 5.91 Å². The van der Waals surface area contributed by atoms with Crippen LogP contribution in [0, 0.1) is 0 Å². The molecular formula is C18H25N3O3. The number of nitrogens with zero attached hydrogens (tertiary/aromatic N) is 2. The molecule has 2 N–H and O–H groups in total. The number of carbonyl (C=O) groups is 2. The fourth-order valence-electron chi connectivity index (χ4n) is 3.47. The fraction of sp³-hybridized carbons (Fsp3) is 0.556. The number of fused-ring (bicyclic) bond motifs is 1. The Morgan fingerprint density at radius 3 is 2.71 bits per heavy atom. The molecule has 1 aromatic carbocycles. The average molecular weight is 331 g/mol. The van der Waals surface area contributed by atoms with Crippen LogP contribution in [0.3, 0.4) is 0 Å². The summed E-state index contributed by atoms with van der Waals surface area (Å²) in [4.78, 5) is 27.2. The predicted molar refractivity (Wildman–Crippen MR) is 90.8 cm³/mol. The lowest BCUT2D eigenvalue weighted by Gasteiger charge is -2.21. The number of primary amides is 1. The number of ether oxygens (including phenoxy) is 1. The maximum atomic E-state index is 12.4. The fourth-order valence-corrected chi connectivity index (χ4v) is 3.47. The second kappa shape index (κ2) is 7.66. The predicted octanol–water partition coefficient (Wildman–Crippen LogP) is 0.574. The monoisotopic (exact) mass is 331 g/mol. The molecule has 0 saturated carbocycles. The van der Waals surface area contributed by atoms with Crippen molar-refractivity contribution in [2.45, 2.75) is 25.7 Å². The van der Waals surface area contributed by atoms with E-state index < -0.39 is 0 Å². The van der Waals surface area contributed by atoms with Crippen LogP contribution in [0.25, 0.3) is 0 Å². The molecule has 130 valence electrons. The summed E-state index contributed by atoms with van der Waals surface area (Å²) in [6.07, 6.45) is 4.29. The topological polar surface area (TPSA) is 75.9 Å². The minimum atomic E-state index is -0.324. The second-order valence-electron chi connectivity index (χ2n) is 6.55. The van der Waals surface area contributed by atoms with Gasteiger partial charge in [-0.15, -0.1) is 0 Å². The molecule has 0 bridgehead atoms. The molecule has 1 heterocycles. The Hall–Kier alpha value is -2.08. The van der Waals surface area contributed by atoms with E-state index in [-0.39, 0.29) is 25.0 Å². The summed E-state index contributed by atoms with van der Waals surface area (Å²) >= 11 is 0. The molecular weight excluding hydrogens is 306 g/mol. The van der Waals surface area contributed by atoms with Crippen molar-refractivity contribution >= 4 is 11.8 Å². The minimum absolute atomic E-state index is 0.00331. The first-order valence-corrected chi connectivity index (χ1v) is 8.65. The zero-order valence-electron chi connectivity index (χ0n) is 14.0. The highest BCUT2D eigenvalue weighted by Crippen LogP contribution is 2.26. The van der Waals surface area contributed by atoms with Crippen LogP contribution in [-0.2, 0) is 22.4 Å². The Bertz CT molecular complexity index is 618. The number of aryl methyl sites for hydroxylation is 2. The van der Waals surface area contributed by atoms with Gasteiger partial charge in [-0.1, -0.05) is 6.07 Å². The van der Waals surface area contributed by atoms with E-state index in [0.29, 0.717) is 19.6 Å². The SMILES string of the molecule is NC(=O)CN1CCCN(C(=O)COc2ccc3c(c2)CCC3)CC1. The van der Waals surface area contributed by atoms with Gasteiger partial charge in [0.25, 0.3) is 5.91 Å². The zero-order valence-corrected chi connectivity index (χ0v) is 14.0. The summed E-state index contributed by atoms with van der Waals surface area (Å²) in [6.45, 7) is 3.09. The van der Waals surface area contributed by atoms with E-state index in [2.05, 4.69) is 12.1 Å². The molecule has 0 spiro atoms. The molecule has 0 aromatic heterocycles. The van der Waals surface area contributed by atoms with Gasteiger partial charge in [0.15, 0.2) is 6.61 Å². The normalized spacial score (nSPS) is 18.1. The molecule has 24 heavy (non-hydrogen) atoms. The van der Waals surface area contributed by atoms with Crippen LogP contribution in [0.5, 0.6) is 5.75 Å². The summed E-state index contributed by atoms with van der Waals surface area (Å²) < 4.78 is 5.70. The molecule has 0 radical (unpaired) electrons. The number of nitrogens with two attached hydrogens (primary N) is 1. The van der Waals surface area contributed by atoms with Gasteiger partial charge in [-0.25, -0.2) is 0 Å². The van der Waals surface area contributed by atoms with Crippen LogP contribution in [0.2, 0.25) is 0 Å². The highest BCUT2D eigenvalue weighted by molar-refractivity contribution is 5.78. The summed E-state index contributed by atoms with van der Waals surface area (Å²) in [6, 6.07) is 6.12. The van der Waals surface area contributed by atoms with E-state index in [1.54, 1.807) is 0 Å². The second-order valence-corrected chi connectivity index (χ2v) is 6.55. The third kappa shape index (κ3) is 4.26. The number of hydrogen-bond donors (Lipinski definition) is 1. The van der Waals surface area contributed by atoms with E-state index in [1.807, 2.05) is 15.9 Å². The van der Waals surface area contributed by atoms with Crippen LogP contribution < -0.4 is 10.5 Å². The van der Waals surface area contributed by atoms with Crippen molar-refractivity contribution in [1.29, 1.82) is 0 Å². The Morgan fingerprint density at radius 1 is 1.04 bits per heavy atom. The van der Waals surface area contributed by atoms with Crippen LogP contribution in [0.15, 0.2) is 18.2 Å². The van der Waals surface area contributed by atoms with E-state index in [1.165, 1.54) is 17.5 Å². The Balaban J connectivity index is 1.49.